The van der Waals surface area contributed by atoms with E-state index in [4.69, 9.17) is 17.0 Å². The number of nitrogens with one attached hydrogen (secondary N) is 3. The minimum atomic E-state index is -0.539. The normalized spacial score (nSPS) is 10.5. The number of benzene rings is 3. The molecule has 3 rings (SSSR count). The van der Waals surface area contributed by atoms with Crippen LogP contribution < -0.4 is 20.9 Å². The van der Waals surface area contributed by atoms with Crippen molar-refractivity contribution in [2.24, 2.45) is 0 Å². The minimum Gasteiger partial charge on any atom is -0.484 e. The van der Waals surface area contributed by atoms with Gasteiger partial charge in [0.2, 0.25) is 5.91 Å². The highest BCUT2D eigenvalue weighted by Gasteiger charge is 2.06. The molecule has 0 heterocycles. The fourth-order valence-electron chi connectivity index (χ4n) is 2.63. The van der Waals surface area contributed by atoms with Crippen LogP contribution in [0.15, 0.2) is 72.8 Å². The predicted octanol–water partition coefficient (Wildman–Crippen LogP) is 2.86. The molecule has 0 bridgehead atoms. The fourth-order valence-corrected chi connectivity index (χ4v) is 2.78. The Labute approximate surface area is 188 Å². The van der Waals surface area contributed by atoms with Gasteiger partial charge < -0.3 is 4.74 Å². The van der Waals surface area contributed by atoms with E-state index in [1.807, 2.05) is 36.4 Å². The Kier molecular flexibility index (Phi) is 7.44. The Morgan fingerprint density at radius 2 is 1.72 bits per heavy atom. The Morgan fingerprint density at radius 3 is 2.44 bits per heavy atom. The van der Waals surface area contributed by atoms with Gasteiger partial charge in [0.1, 0.15) is 5.75 Å². The quantitative estimate of drug-likeness (QED) is 0.228. The van der Waals surface area contributed by atoms with Gasteiger partial charge in [-0.05, 0) is 58.9 Å². The third kappa shape index (κ3) is 6.61. The lowest BCUT2D eigenvalue weighted by Crippen LogP contribution is -2.49. The van der Waals surface area contributed by atoms with E-state index in [2.05, 4.69) is 16.2 Å². The Bertz CT molecular complexity index is 1190. The fraction of sp³-hybridized carbons (Fsp3) is 0.0455. The van der Waals surface area contributed by atoms with Crippen LogP contribution in [0.4, 0.5) is 5.69 Å². The zero-order valence-corrected chi connectivity index (χ0v) is 17.4. The predicted molar refractivity (Wildman–Crippen MR) is 124 cm³/mol. The molecular weight excluding hydrogens is 432 g/mol. The van der Waals surface area contributed by atoms with Gasteiger partial charge in [0, 0.05) is 18.2 Å². The number of amides is 2. The number of nitrogens with zero attached hydrogens (tertiary/aromatic N) is 1. The van der Waals surface area contributed by atoms with Crippen LogP contribution in [0, 0.1) is 10.1 Å². The molecule has 3 N–H and O–H groups in total. The number of ether oxygens (including phenoxy) is 1. The summed E-state index contributed by atoms with van der Waals surface area (Å²) < 4.78 is 5.46. The number of hydrogen-bond donors (Lipinski definition) is 3. The van der Waals surface area contributed by atoms with Gasteiger partial charge in [0.25, 0.3) is 11.6 Å². The molecule has 0 fully saturated rings. The average molecular weight is 450 g/mol. The number of hydrazine groups is 1. The maximum absolute atomic E-state index is 11.9. The van der Waals surface area contributed by atoms with E-state index in [1.165, 1.54) is 36.4 Å². The Hall–Kier alpha value is -4.31. The van der Waals surface area contributed by atoms with E-state index < -0.39 is 16.7 Å². The zero-order chi connectivity index (χ0) is 22.9. The van der Waals surface area contributed by atoms with Crippen LogP contribution in [-0.2, 0) is 9.59 Å². The second kappa shape index (κ2) is 10.6. The summed E-state index contributed by atoms with van der Waals surface area (Å²) in [5.41, 5.74) is 5.29. The van der Waals surface area contributed by atoms with Crippen molar-refractivity contribution in [3.8, 4) is 5.75 Å². The standard InChI is InChI=1S/C22H18N4O5S/c27-20(12-7-15-5-9-18(10-6-15)26(29)30)23-22(32)25-24-21(28)14-31-19-11-8-16-3-1-2-4-17(16)13-19/h1-13H,14H2,(H,24,28)(H2,23,25,27,32)/b12-7+. The summed E-state index contributed by atoms with van der Waals surface area (Å²) in [5.74, 6) is -0.482. The Morgan fingerprint density at radius 1 is 1.00 bits per heavy atom. The van der Waals surface area contributed by atoms with Crippen molar-refractivity contribution in [1.82, 2.24) is 16.2 Å². The molecule has 0 saturated heterocycles. The van der Waals surface area contributed by atoms with Crippen molar-refractivity contribution in [3.05, 3.63) is 88.5 Å². The minimum absolute atomic E-state index is 0.0442. The van der Waals surface area contributed by atoms with Gasteiger partial charge in [-0.15, -0.1) is 0 Å². The van der Waals surface area contributed by atoms with Crippen LogP contribution in [0.3, 0.4) is 0 Å². The van der Waals surface area contributed by atoms with Crippen molar-refractivity contribution in [1.29, 1.82) is 0 Å². The third-order valence-corrected chi connectivity index (χ3v) is 4.38. The molecule has 0 aliphatic carbocycles. The number of fused-ring (bicyclic) bond motifs is 1. The lowest BCUT2D eigenvalue weighted by Gasteiger charge is -2.11. The van der Waals surface area contributed by atoms with E-state index in [0.29, 0.717) is 11.3 Å². The van der Waals surface area contributed by atoms with E-state index >= 15 is 0 Å². The molecule has 0 atom stereocenters. The van der Waals surface area contributed by atoms with E-state index in [1.54, 1.807) is 6.07 Å². The van der Waals surface area contributed by atoms with Crippen LogP contribution in [0.25, 0.3) is 16.8 Å². The number of carbonyl (C=O) groups excluding carboxylic acids is 2. The lowest BCUT2D eigenvalue weighted by atomic mass is 10.1. The SMILES string of the molecule is O=C(/C=C/c1ccc([N+](=O)[O-])cc1)NC(=S)NNC(=O)COc1ccc2ccccc2c1. The van der Waals surface area contributed by atoms with Gasteiger partial charge in [-0.1, -0.05) is 30.3 Å². The monoisotopic (exact) mass is 450 g/mol. The number of nitro groups is 1. The van der Waals surface area contributed by atoms with E-state index in [-0.39, 0.29) is 17.4 Å². The maximum Gasteiger partial charge on any atom is 0.276 e. The largest absolute Gasteiger partial charge is 0.484 e. The Balaban J connectivity index is 1.39. The van der Waals surface area contributed by atoms with Crippen molar-refractivity contribution < 1.29 is 19.2 Å². The molecule has 0 aromatic heterocycles. The molecule has 0 saturated carbocycles. The molecule has 3 aromatic rings. The molecule has 0 aliphatic rings. The number of thiocarbonyl (C=S) groups is 1. The van der Waals surface area contributed by atoms with E-state index in [0.717, 1.165) is 10.8 Å². The smallest absolute Gasteiger partial charge is 0.276 e. The molecule has 162 valence electrons. The summed E-state index contributed by atoms with van der Waals surface area (Å²) in [4.78, 5) is 33.9. The second-order valence-corrected chi connectivity index (χ2v) is 6.88. The van der Waals surface area contributed by atoms with Crippen molar-refractivity contribution >= 4 is 51.7 Å². The number of rotatable bonds is 6. The van der Waals surface area contributed by atoms with Crippen molar-refractivity contribution in [2.45, 2.75) is 0 Å². The molecule has 0 aliphatic heterocycles. The highest BCUT2D eigenvalue weighted by molar-refractivity contribution is 7.80. The molecule has 3 aromatic carbocycles. The average Bonchev–Trinajstić information content (AvgIpc) is 2.80. The molecule has 2 amide bonds. The third-order valence-electron chi connectivity index (χ3n) is 4.17. The van der Waals surface area contributed by atoms with Gasteiger partial charge in [0.15, 0.2) is 11.7 Å². The summed E-state index contributed by atoms with van der Waals surface area (Å²) in [6.45, 7) is -0.248. The van der Waals surface area contributed by atoms with Gasteiger partial charge in [-0.2, -0.15) is 0 Å². The van der Waals surface area contributed by atoms with Crippen LogP contribution in [0.2, 0.25) is 0 Å². The molecule has 0 unspecified atom stereocenters. The molecule has 0 spiro atoms. The molecular formula is C22H18N4O5S. The van der Waals surface area contributed by atoms with Crippen molar-refractivity contribution in [2.75, 3.05) is 6.61 Å². The number of carbonyl (C=O) groups is 2. The van der Waals surface area contributed by atoms with Gasteiger partial charge in [-0.3, -0.25) is 35.9 Å². The molecule has 10 heteroatoms. The highest BCUT2D eigenvalue weighted by Crippen LogP contribution is 2.20. The highest BCUT2D eigenvalue weighted by atomic mass is 32.1. The first-order valence-corrected chi connectivity index (χ1v) is 9.75. The molecule has 32 heavy (non-hydrogen) atoms. The van der Waals surface area contributed by atoms with Crippen LogP contribution in [0.1, 0.15) is 5.56 Å². The first-order valence-electron chi connectivity index (χ1n) is 9.34. The van der Waals surface area contributed by atoms with Crippen LogP contribution in [-0.4, -0.2) is 28.5 Å². The molecule has 0 radical (unpaired) electrons. The summed E-state index contributed by atoms with van der Waals surface area (Å²) in [5, 5.41) is 14.9. The summed E-state index contributed by atoms with van der Waals surface area (Å²) in [6, 6.07) is 19.0. The number of non-ortho nitro benzene ring substituents is 1. The maximum atomic E-state index is 11.9. The topological polar surface area (TPSA) is 123 Å². The zero-order valence-electron chi connectivity index (χ0n) is 16.6. The lowest BCUT2D eigenvalue weighted by molar-refractivity contribution is -0.384. The summed E-state index contributed by atoms with van der Waals surface area (Å²) in [6.07, 6.45) is 2.68. The van der Waals surface area contributed by atoms with Gasteiger partial charge in [0.05, 0.1) is 4.92 Å². The summed E-state index contributed by atoms with van der Waals surface area (Å²) in [7, 11) is 0. The van der Waals surface area contributed by atoms with Gasteiger partial charge in [-0.25, -0.2) is 0 Å². The second-order valence-electron chi connectivity index (χ2n) is 6.47. The van der Waals surface area contributed by atoms with Gasteiger partial charge >= 0.3 is 0 Å². The first-order chi connectivity index (χ1) is 15.4. The van der Waals surface area contributed by atoms with Crippen LogP contribution >= 0.6 is 12.2 Å². The van der Waals surface area contributed by atoms with Crippen LogP contribution in [0.5, 0.6) is 5.75 Å². The summed E-state index contributed by atoms with van der Waals surface area (Å²) >= 11 is 4.95. The van der Waals surface area contributed by atoms with Crippen molar-refractivity contribution in [3.63, 3.8) is 0 Å². The molecule has 9 nitrogen and oxygen atoms in total. The number of hydrogen-bond acceptors (Lipinski definition) is 6. The van der Waals surface area contributed by atoms with E-state index in [9.17, 15) is 19.7 Å². The number of nitro benzene ring substituents is 1. The first kappa shape index (κ1) is 22.4.